The van der Waals surface area contributed by atoms with Crippen molar-refractivity contribution in [2.24, 2.45) is 0 Å². The van der Waals surface area contributed by atoms with Crippen molar-refractivity contribution in [3.8, 4) is 0 Å². The molecule has 1 unspecified atom stereocenters. The minimum Gasteiger partial charge on any atom is -0.383 e. The minimum absolute atomic E-state index is 0.464. The monoisotopic (exact) mass is 230 g/mol. The van der Waals surface area contributed by atoms with Crippen LogP contribution >= 0.6 is 23.2 Å². The van der Waals surface area contributed by atoms with E-state index in [1.54, 1.807) is 6.07 Å². The first kappa shape index (κ1) is 10.1. The molecule has 0 bridgehead atoms. The van der Waals surface area contributed by atoms with E-state index in [1.807, 2.05) is 13.1 Å². The lowest BCUT2D eigenvalue weighted by Gasteiger charge is -2.09. The maximum absolute atomic E-state index is 6.07. The van der Waals surface area contributed by atoms with E-state index < -0.39 is 0 Å². The minimum atomic E-state index is 0.464. The summed E-state index contributed by atoms with van der Waals surface area (Å²) in [5.41, 5.74) is 2.26. The Hall–Kier alpha value is -0.440. The topological polar surface area (TPSA) is 24.1 Å². The second kappa shape index (κ2) is 3.97. The molecule has 0 aromatic heterocycles. The van der Waals surface area contributed by atoms with E-state index in [4.69, 9.17) is 23.2 Å². The fraction of sp³-hybridized carbons (Fsp3) is 0.400. The van der Waals surface area contributed by atoms with Crippen LogP contribution in [0.4, 0.5) is 5.69 Å². The summed E-state index contributed by atoms with van der Waals surface area (Å²) in [5.74, 6) is 0.464. The number of rotatable bonds is 2. The standard InChI is InChI=1S/C10H12Cl2N2/c1-13-4-6-5-14-10-8(6)2-7(11)3-9(10)12/h2-3,6,13-14H,4-5H2,1H3. The lowest BCUT2D eigenvalue weighted by atomic mass is 10.0. The molecular formula is C10H12Cl2N2. The maximum Gasteiger partial charge on any atom is 0.0655 e. The highest BCUT2D eigenvalue weighted by Crippen LogP contribution is 2.38. The van der Waals surface area contributed by atoms with E-state index in [0.717, 1.165) is 18.8 Å². The molecule has 2 rings (SSSR count). The molecule has 76 valence electrons. The van der Waals surface area contributed by atoms with Crippen LogP contribution in [0.2, 0.25) is 10.0 Å². The van der Waals surface area contributed by atoms with Gasteiger partial charge in [-0.25, -0.2) is 0 Å². The van der Waals surface area contributed by atoms with Crippen LogP contribution in [0.3, 0.4) is 0 Å². The maximum atomic E-state index is 6.07. The van der Waals surface area contributed by atoms with Crippen LogP contribution < -0.4 is 10.6 Å². The van der Waals surface area contributed by atoms with Crippen molar-refractivity contribution in [2.45, 2.75) is 5.92 Å². The first-order valence-electron chi connectivity index (χ1n) is 4.59. The van der Waals surface area contributed by atoms with Gasteiger partial charge in [-0.2, -0.15) is 0 Å². The first-order valence-corrected chi connectivity index (χ1v) is 5.35. The van der Waals surface area contributed by atoms with E-state index in [2.05, 4.69) is 10.6 Å². The zero-order valence-electron chi connectivity index (χ0n) is 7.90. The number of anilines is 1. The fourth-order valence-electron chi connectivity index (χ4n) is 1.87. The third kappa shape index (κ3) is 1.70. The molecule has 2 N–H and O–H groups in total. The van der Waals surface area contributed by atoms with Gasteiger partial charge in [0.1, 0.15) is 0 Å². The number of halogens is 2. The number of fused-ring (bicyclic) bond motifs is 1. The average Bonchev–Trinajstić information content (AvgIpc) is 2.49. The molecule has 14 heavy (non-hydrogen) atoms. The summed E-state index contributed by atoms with van der Waals surface area (Å²) in [6.45, 7) is 1.87. The Kier molecular flexibility index (Phi) is 2.86. The van der Waals surface area contributed by atoms with Crippen molar-refractivity contribution in [1.82, 2.24) is 5.32 Å². The van der Waals surface area contributed by atoms with E-state index in [1.165, 1.54) is 5.56 Å². The molecule has 1 aliphatic heterocycles. The summed E-state index contributed by atoms with van der Waals surface area (Å²) in [7, 11) is 1.95. The molecule has 1 aliphatic rings. The Balaban J connectivity index is 2.38. The van der Waals surface area contributed by atoms with Gasteiger partial charge in [0, 0.05) is 24.0 Å². The number of hydrogen-bond acceptors (Lipinski definition) is 2. The van der Waals surface area contributed by atoms with E-state index in [-0.39, 0.29) is 0 Å². The largest absolute Gasteiger partial charge is 0.383 e. The van der Waals surface area contributed by atoms with Crippen LogP contribution in [0.15, 0.2) is 12.1 Å². The van der Waals surface area contributed by atoms with Gasteiger partial charge in [0.05, 0.1) is 10.7 Å². The normalized spacial score (nSPS) is 19.2. The van der Waals surface area contributed by atoms with Crippen LogP contribution in [0, 0.1) is 0 Å². The Morgan fingerprint density at radius 3 is 3.00 bits per heavy atom. The van der Waals surface area contributed by atoms with Gasteiger partial charge >= 0.3 is 0 Å². The third-order valence-electron chi connectivity index (χ3n) is 2.50. The van der Waals surface area contributed by atoms with Gasteiger partial charge in [0.15, 0.2) is 0 Å². The smallest absolute Gasteiger partial charge is 0.0655 e. The van der Waals surface area contributed by atoms with Crippen LogP contribution in [0.1, 0.15) is 11.5 Å². The van der Waals surface area contributed by atoms with Crippen molar-refractivity contribution in [2.75, 3.05) is 25.5 Å². The predicted molar refractivity (Wildman–Crippen MR) is 61.6 cm³/mol. The van der Waals surface area contributed by atoms with Gasteiger partial charge in [-0.15, -0.1) is 0 Å². The molecule has 0 saturated heterocycles. The SMILES string of the molecule is CNCC1CNc2c(Cl)cc(Cl)cc21. The summed E-state index contributed by atoms with van der Waals surface area (Å²) < 4.78 is 0. The summed E-state index contributed by atoms with van der Waals surface area (Å²) in [5, 5.41) is 7.88. The summed E-state index contributed by atoms with van der Waals surface area (Å²) in [6, 6.07) is 3.77. The Bertz CT molecular complexity index is 352. The van der Waals surface area contributed by atoms with Crippen LogP contribution in [-0.4, -0.2) is 20.1 Å². The van der Waals surface area contributed by atoms with E-state index in [9.17, 15) is 0 Å². The molecule has 1 aromatic carbocycles. The molecule has 0 amide bonds. The number of benzene rings is 1. The summed E-state index contributed by atoms with van der Waals surface area (Å²) >= 11 is 12.0. The number of nitrogens with one attached hydrogen (secondary N) is 2. The van der Waals surface area contributed by atoms with Crippen molar-refractivity contribution in [1.29, 1.82) is 0 Å². The fourth-order valence-corrected chi connectivity index (χ4v) is 2.44. The highest BCUT2D eigenvalue weighted by atomic mass is 35.5. The van der Waals surface area contributed by atoms with Crippen LogP contribution in [-0.2, 0) is 0 Å². The highest BCUT2D eigenvalue weighted by Gasteiger charge is 2.23. The van der Waals surface area contributed by atoms with Gasteiger partial charge in [0.25, 0.3) is 0 Å². The number of likely N-dealkylation sites (N-methyl/N-ethyl adjacent to an activating group) is 1. The van der Waals surface area contributed by atoms with Gasteiger partial charge in [0.2, 0.25) is 0 Å². The van der Waals surface area contributed by atoms with Gasteiger partial charge in [-0.3, -0.25) is 0 Å². The van der Waals surface area contributed by atoms with Crippen molar-refractivity contribution in [3.05, 3.63) is 27.7 Å². The summed E-state index contributed by atoms with van der Waals surface area (Å²) in [4.78, 5) is 0. The van der Waals surface area contributed by atoms with Crippen molar-refractivity contribution < 1.29 is 0 Å². The molecule has 1 atom stereocenters. The van der Waals surface area contributed by atoms with E-state index in [0.29, 0.717) is 16.0 Å². The molecule has 0 fully saturated rings. The lowest BCUT2D eigenvalue weighted by Crippen LogP contribution is -2.18. The number of hydrogen-bond donors (Lipinski definition) is 2. The zero-order valence-corrected chi connectivity index (χ0v) is 9.41. The average molecular weight is 231 g/mol. The van der Waals surface area contributed by atoms with Crippen LogP contribution in [0.5, 0.6) is 0 Å². The van der Waals surface area contributed by atoms with Gasteiger partial charge in [-0.1, -0.05) is 23.2 Å². The lowest BCUT2D eigenvalue weighted by molar-refractivity contribution is 0.674. The molecule has 4 heteroatoms. The van der Waals surface area contributed by atoms with E-state index >= 15 is 0 Å². The Labute approximate surface area is 93.6 Å². The van der Waals surface area contributed by atoms with Crippen LogP contribution in [0.25, 0.3) is 0 Å². The zero-order chi connectivity index (χ0) is 10.1. The molecule has 1 aromatic rings. The molecular weight excluding hydrogens is 219 g/mol. The molecule has 1 heterocycles. The Morgan fingerprint density at radius 1 is 1.50 bits per heavy atom. The molecule has 0 saturated carbocycles. The molecule has 2 nitrogen and oxygen atoms in total. The molecule has 0 radical (unpaired) electrons. The highest BCUT2D eigenvalue weighted by molar-refractivity contribution is 6.36. The second-order valence-corrected chi connectivity index (χ2v) is 4.33. The molecule has 0 spiro atoms. The molecule has 0 aliphatic carbocycles. The van der Waals surface area contributed by atoms with Gasteiger partial charge in [-0.05, 0) is 24.7 Å². The quantitative estimate of drug-likeness (QED) is 0.817. The Morgan fingerprint density at radius 2 is 2.29 bits per heavy atom. The second-order valence-electron chi connectivity index (χ2n) is 3.49. The van der Waals surface area contributed by atoms with Gasteiger partial charge < -0.3 is 10.6 Å². The predicted octanol–water partition coefficient (Wildman–Crippen LogP) is 2.72. The van der Waals surface area contributed by atoms with Crippen molar-refractivity contribution >= 4 is 28.9 Å². The summed E-state index contributed by atoms with van der Waals surface area (Å²) in [6.07, 6.45) is 0. The van der Waals surface area contributed by atoms with Crippen molar-refractivity contribution in [3.63, 3.8) is 0 Å². The first-order chi connectivity index (χ1) is 6.72. The third-order valence-corrected chi connectivity index (χ3v) is 3.02.